The molecule has 0 radical (unpaired) electrons. The third-order valence-corrected chi connectivity index (χ3v) is 3.52. The van der Waals surface area contributed by atoms with Gasteiger partial charge in [-0.1, -0.05) is 12.1 Å². The summed E-state index contributed by atoms with van der Waals surface area (Å²) >= 11 is 0. The standard InChI is InChI=1S/C15H15N3O2/c1-17-9-10-18(13-7-3-2-6-12(13)17)14-11(15(19)20)5-4-8-16-14/h2-8H,9-10H2,1H3,(H,19,20). The highest BCUT2D eigenvalue weighted by Gasteiger charge is 2.25. The zero-order chi connectivity index (χ0) is 14.1. The number of hydrogen-bond donors (Lipinski definition) is 1. The van der Waals surface area contributed by atoms with Crippen LogP contribution in [0.2, 0.25) is 0 Å². The molecule has 0 amide bonds. The van der Waals surface area contributed by atoms with Crippen LogP contribution in [-0.2, 0) is 0 Å². The largest absolute Gasteiger partial charge is 0.478 e. The lowest BCUT2D eigenvalue weighted by atomic mass is 10.1. The van der Waals surface area contributed by atoms with Crippen LogP contribution < -0.4 is 9.80 Å². The number of fused-ring (bicyclic) bond motifs is 1. The zero-order valence-corrected chi connectivity index (χ0v) is 11.2. The highest BCUT2D eigenvalue weighted by atomic mass is 16.4. The smallest absolute Gasteiger partial charge is 0.339 e. The molecule has 1 aliphatic heterocycles. The summed E-state index contributed by atoms with van der Waals surface area (Å²) in [7, 11) is 2.03. The number of nitrogens with zero attached hydrogens (tertiary/aromatic N) is 3. The third-order valence-electron chi connectivity index (χ3n) is 3.52. The number of para-hydroxylation sites is 2. The molecule has 2 aromatic rings. The Morgan fingerprint density at radius 3 is 2.65 bits per heavy atom. The van der Waals surface area contributed by atoms with Crippen LogP contribution in [-0.4, -0.2) is 36.2 Å². The molecule has 102 valence electrons. The van der Waals surface area contributed by atoms with E-state index < -0.39 is 5.97 Å². The summed E-state index contributed by atoms with van der Waals surface area (Å²) in [5.41, 5.74) is 2.30. The monoisotopic (exact) mass is 269 g/mol. The number of rotatable bonds is 2. The van der Waals surface area contributed by atoms with Crippen molar-refractivity contribution in [2.45, 2.75) is 0 Å². The summed E-state index contributed by atoms with van der Waals surface area (Å²) < 4.78 is 0. The van der Waals surface area contributed by atoms with Crippen molar-refractivity contribution in [3.8, 4) is 0 Å². The number of pyridine rings is 1. The lowest BCUT2D eigenvalue weighted by Gasteiger charge is -2.36. The van der Waals surface area contributed by atoms with Gasteiger partial charge in [0.1, 0.15) is 11.4 Å². The highest BCUT2D eigenvalue weighted by molar-refractivity contribution is 5.95. The number of likely N-dealkylation sites (N-methyl/N-ethyl adjacent to an activating group) is 1. The SMILES string of the molecule is CN1CCN(c2ncccc2C(=O)O)c2ccccc21. The van der Waals surface area contributed by atoms with Crippen molar-refractivity contribution >= 4 is 23.2 Å². The number of aromatic carboxylic acids is 1. The molecule has 0 saturated carbocycles. The molecule has 3 rings (SSSR count). The number of carboxylic acids is 1. The molecule has 1 aromatic carbocycles. The van der Waals surface area contributed by atoms with E-state index in [-0.39, 0.29) is 5.56 Å². The minimum Gasteiger partial charge on any atom is -0.478 e. The van der Waals surface area contributed by atoms with E-state index in [0.717, 1.165) is 17.9 Å². The third kappa shape index (κ3) is 1.97. The van der Waals surface area contributed by atoms with Gasteiger partial charge in [-0.15, -0.1) is 0 Å². The van der Waals surface area contributed by atoms with E-state index in [0.29, 0.717) is 12.4 Å². The summed E-state index contributed by atoms with van der Waals surface area (Å²) in [4.78, 5) is 19.8. The van der Waals surface area contributed by atoms with Crippen LogP contribution in [0, 0.1) is 0 Å². The van der Waals surface area contributed by atoms with Crippen molar-refractivity contribution in [3.05, 3.63) is 48.2 Å². The van der Waals surface area contributed by atoms with Crippen molar-refractivity contribution in [3.63, 3.8) is 0 Å². The van der Waals surface area contributed by atoms with E-state index in [1.165, 1.54) is 0 Å². The van der Waals surface area contributed by atoms with E-state index in [4.69, 9.17) is 0 Å². The average molecular weight is 269 g/mol. The Kier molecular flexibility index (Phi) is 3.02. The predicted octanol–water partition coefficient (Wildman–Crippen LogP) is 2.37. The van der Waals surface area contributed by atoms with Gasteiger partial charge in [-0.2, -0.15) is 0 Å². The first-order valence-electron chi connectivity index (χ1n) is 6.44. The van der Waals surface area contributed by atoms with Crippen LogP contribution in [0.1, 0.15) is 10.4 Å². The maximum Gasteiger partial charge on any atom is 0.339 e. The molecule has 5 heteroatoms. The second kappa shape index (κ2) is 4.85. The van der Waals surface area contributed by atoms with Gasteiger partial charge in [0.2, 0.25) is 0 Å². The van der Waals surface area contributed by atoms with E-state index >= 15 is 0 Å². The number of hydrogen-bond acceptors (Lipinski definition) is 4. The molecule has 2 heterocycles. The first kappa shape index (κ1) is 12.5. The van der Waals surface area contributed by atoms with Crippen molar-refractivity contribution < 1.29 is 9.90 Å². The minimum absolute atomic E-state index is 0.229. The maximum absolute atomic E-state index is 11.4. The first-order chi connectivity index (χ1) is 9.68. The molecule has 0 saturated heterocycles. The van der Waals surface area contributed by atoms with Gasteiger partial charge in [-0.25, -0.2) is 9.78 Å². The molecule has 20 heavy (non-hydrogen) atoms. The van der Waals surface area contributed by atoms with Crippen molar-refractivity contribution in [2.24, 2.45) is 0 Å². The summed E-state index contributed by atoms with van der Waals surface area (Å²) in [5, 5.41) is 9.32. The van der Waals surface area contributed by atoms with Gasteiger partial charge in [-0.05, 0) is 24.3 Å². The Hall–Kier alpha value is -2.56. The van der Waals surface area contributed by atoms with Crippen LogP contribution in [0.25, 0.3) is 0 Å². The molecule has 1 aromatic heterocycles. The van der Waals surface area contributed by atoms with Gasteiger partial charge in [0, 0.05) is 26.3 Å². The lowest BCUT2D eigenvalue weighted by Crippen LogP contribution is -2.37. The summed E-state index contributed by atoms with van der Waals surface area (Å²) in [6.07, 6.45) is 1.63. The first-order valence-corrected chi connectivity index (χ1v) is 6.44. The molecule has 0 unspecified atom stereocenters. The molecule has 0 bridgehead atoms. The minimum atomic E-state index is -0.954. The molecule has 0 atom stereocenters. The van der Waals surface area contributed by atoms with Crippen LogP contribution in [0.5, 0.6) is 0 Å². The van der Waals surface area contributed by atoms with E-state index in [2.05, 4.69) is 9.88 Å². The van der Waals surface area contributed by atoms with Crippen molar-refractivity contribution in [1.29, 1.82) is 0 Å². The van der Waals surface area contributed by atoms with Crippen LogP contribution >= 0.6 is 0 Å². The van der Waals surface area contributed by atoms with Crippen LogP contribution in [0.3, 0.4) is 0 Å². The lowest BCUT2D eigenvalue weighted by molar-refractivity contribution is 0.0697. The number of anilines is 3. The average Bonchev–Trinajstić information content (AvgIpc) is 2.48. The van der Waals surface area contributed by atoms with Crippen molar-refractivity contribution in [2.75, 3.05) is 29.9 Å². The fraction of sp³-hybridized carbons (Fsp3) is 0.200. The molecule has 0 fully saturated rings. The van der Waals surface area contributed by atoms with Gasteiger partial charge in [-0.3, -0.25) is 0 Å². The van der Waals surface area contributed by atoms with Crippen LogP contribution in [0.4, 0.5) is 17.2 Å². The van der Waals surface area contributed by atoms with Gasteiger partial charge < -0.3 is 14.9 Å². The van der Waals surface area contributed by atoms with Crippen molar-refractivity contribution in [1.82, 2.24) is 4.98 Å². The summed E-state index contributed by atoms with van der Waals surface area (Å²) in [6.45, 7) is 1.54. The molecule has 1 aliphatic rings. The summed E-state index contributed by atoms with van der Waals surface area (Å²) in [6, 6.07) is 11.2. The molecular formula is C15H15N3O2. The van der Waals surface area contributed by atoms with E-state index in [1.807, 2.05) is 36.2 Å². The second-order valence-corrected chi connectivity index (χ2v) is 4.74. The van der Waals surface area contributed by atoms with Gasteiger partial charge in [0.05, 0.1) is 11.4 Å². The maximum atomic E-state index is 11.4. The molecule has 0 spiro atoms. The van der Waals surface area contributed by atoms with Crippen LogP contribution in [0.15, 0.2) is 42.6 Å². The second-order valence-electron chi connectivity index (χ2n) is 4.74. The molecule has 5 nitrogen and oxygen atoms in total. The van der Waals surface area contributed by atoms with Gasteiger partial charge >= 0.3 is 5.97 Å². The Balaban J connectivity index is 2.13. The Bertz CT molecular complexity index is 657. The normalized spacial score (nSPS) is 14.1. The number of aromatic nitrogens is 1. The van der Waals surface area contributed by atoms with Gasteiger partial charge in [0.15, 0.2) is 0 Å². The fourth-order valence-corrected chi connectivity index (χ4v) is 2.51. The van der Waals surface area contributed by atoms with E-state index in [1.54, 1.807) is 18.3 Å². The Morgan fingerprint density at radius 2 is 1.90 bits per heavy atom. The molecule has 1 N–H and O–H groups in total. The topological polar surface area (TPSA) is 56.7 Å². The zero-order valence-electron chi connectivity index (χ0n) is 11.2. The predicted molar refractivity (Wildman–Crippen MR) is 77.9 cm³/mol. The summed E-state index contributed by atoms with van der Waals surface area (Å²) in [5.74, 6) is -0.454. The molecular weight excluding hydrogens is 254 g/mol. The highest BCUT2D eigenvalue weighted by Crippen LogP contribution is 2.36. The number of benzene rings is 1. The molecule has 0 aliphatic carbocycles. The van der Waals surface area contributed by atoms with Gasteiger partial charge in [0.25, 0.3) is 0 Å². The quantitative estimate of drug-likeness (QED) is 0.907. The fourth-order valence-electron chi connectivity index (χ4n) is 2.51. The Morgan fingerprint density at radius 1 is 1.15 bits per heavy atom. The number of carbonyl (C=O) groups is 1. The Labute approximate surface area is 117 Å². The van der Waals surface area contributed by atoms with E-state index in [9.17, 15) is 9.90 Å². The number of carboxylic acid groups (broad SMARTS) is 1.